The van der Waals surface area contributed by atoms with Crippen LogP contribution in [-0.2, 0) is 32.3 Å². The highest BCUT2D eigenvalue weighted by Gasteiger charge is 2.36. The Hall–Kier alpha value is -2.21. The molecule has 0 bridgehead atoms. The molecule has 0 heterocycles. The van der Waals surface area contributed by atoms with E-state index in [1.165, 1.54) is 0 Å². The van der Waals surface area contributed by atoms with Crippen LogP contribution in [-0.4, -0.2) is 50.0 Å². The molecule has 1 saturated carbocycles. The van der Waals surface area contributed by atoms with Crippen molar-refractivity contribution in [1.82, 2.24) is 10.2 Å². The van der Waals surface area contributed by atoms with E-state index in [1.807, 2.05) is 0 Å². The first-order valence-corrected chi connectivity index (χ1v) is 16.0. The zero-order valence-electron chi connectivity index (χ0n) is 22.5. The Balaban J connectivity index is 2.03. The molecular weight excluding hydrogens is 626 g/mol. The third-order valence-electron chi connectivity index (χ3n) is 6.95. The maximum Gasteiger partial charge on any atom is 0.416 e. The lowest BCUT2D eigenvalue weighted by atomic mass is 9.95. The smallest absolute Gasteiger partial charge is 0.352 e. The van der Waals surface area contributed by atoms with E-state index in [0.717, 1.165) is 49.3 Å². The van der Waals surface area contributed by atoms with Gasteiger partial charge in [-0.25, -0.2) is 8.42 Å². The molecule has 0 aliphatic heterocycles. The Morgan fingerprint density at radius 1 is 1.02 bits per heavy atom. The highest BCUT2D eigenvalue weighted by atomic mass is 35.5. The third-order valence-corrected chi connectivity index (χ3v) is 9.10. The number of hydrogen-bond donors (Lipinski definition) is 1. The SMILES string of the molecule is CC[C@H](C(=O)NC1CCCCC1)N(Cc1c(Cl)cccc1Cl)C(=O)CN(c1cc(C(F)(F)F)ccc1Cl)S(C)(=O)=O. The highest BCUT2D eigenvalue weighted by Crippen LogP contribution is 2.36. The van der Waals surface area contributed by atoms with Crippen molar-refractivity contribution >= 4 is 62.3 Å². The van der Waals surface area contributed by atoms with Crippen molar-refractivity contribution in [2.75, 3.05) is 17.1 Å². The van der Waals surface area contributed by atoms with Gasteiger partial charge in [0, 0.05) is 28.2 Å². The Bertz CT molecular complexity index is 1350. The summed E-state index contributed by atoms with van der Waals surface area (Å²) in [6.45, 7) is 0.522. The van der Waals surface area contributed by atoms with E-state index in [0.29, 0.717) is 22.0 Å². The molecule has 1 N–H and O–H groups in total. The Morgan fingerprint density at radius 2 is 1.63 bits per heavy atom. The Labute approximate surface area is 253 Å². The summed E-state index contributed by atoms with van der Waals surface area (Å²) in [7, 11) is -4.31. The van der Waals surface area contributed by atoms with Crippen molar-refractivity contribution in [2.24, 2.45) is 0 Å². The van der Waals surface area contributed by atoms with Gasteiger partial charge in [0.05, 0.1) is 22.5 Å². The first kappa shape index (κ1) is 33.3. The van der Waals surface area contributed by atoms with E-state index < -0.39 is 51.9 Å². The number of halogens is 6. The van der Waals surface area contributed by atoms with Crippen molar-refractivity contribution in [1.29, 1.82) is 0 Å². The fourth-order valence-electron chi connectivity index (χ4n) is 4.79. The zero-order chi connectivity index (χ0) is 30.5. The standard InChI is InChI=1S/C27H31Cl3F3N3O4S/c1-3-23(26(38)34-18-8-5-4-6-9-18)35(15-19-20(28)10-7-11-21(19)29)25(37)16-36(41(2,39)40)24-14-17(27(31,32)33)12-13-22(24)30/h7,10-14,18,23H,3-6,8-9,15-16H2,1-2H3,(H,34,38)/t23-/m1/s1. The Morgan fingerprint density at radius 3 is 2.17 bits per heavy atom. The molecule has 14 heteroatoms. The van der Waals surface area contributed by atoms with Gasteiger partial charge >= 0.3 is 6.18 Å². The number of nitrogens with zero attached hydrogens (tertiary/aromatic N) is 2. The average Bonchev–Trinajstić information content (AvgIpc) is 2.88. The normalized spacial score (nSPS) is 15.3. The first-order chi connectivity index (χ1) is 19.1. The van der Waals surface area contributed by atoms with E-state index >= 15 is 0 Å². The van der Waals surface area contributed by atoms with E-state index in [1.54, 1.807) is 25.1 Å². The number of benzene rings is 2. The van der Waals surface area contributed by atoms with Crippen LogP contribution < -0.4 is 9.62 Å². The molecule has 0 unspecified atom stereocenters. The molecule has 0 saturated heterocycles. The molecule has 2 amide bonds. The fourth-order valence-corrected chi connectivity index (χ4v) is 6.43. The minimum Gasteiger partial charge on any atom is -0.352 e. The largest absolute Gasteiger partial charge is 0.416 e. The Kier molecular flexibility index (Phi) is 11.2. The van der Waals surface area contributed by atoms with E-state index in [-0.39, 0.29) is 34.1 Å². The van der Waals surface area contributed by atoms with Crippen LogP contribution in [0.15, 0.2) is 36.4 Å². The summed E-state index contributed by atoms with van der Waals surface area (Å²) in [5.74, 6) is -1.29. The number of anilines is 1. The summed E-state index contributed by atoms with van der Waals surface area (Å²) >= 11 is 18.9. The number of carbonyl (C=O) groups is 2. The van der Waals surface area contributed by atoms with E-state index in [2.05, 4.69) is 5.32 Å². The number of alkyl halides is 3. The summed E-state index contributed by atoms with van der Waals surface area (Å²) in [5, 5.41) is 3.13. The van der Waals surface area contributed by atoms with Crippen LogP contribution in [0.2, 0.25) is 15.1 Å². The minimum atomic E-state index is -4.79. The highest BCUT2D eigenvalue weighted by molar-refractivity contribution is 7.92. The van der Waals surface area contributed by atoms with Crippen LogP contribution in [0.3, 0.4) is 0 Å². The fraction of sp³-hybridized carbons (Fsp3) is 0.481. The van der Waals surface area contributed by atoms with Gasteiger partial charge in [0.25, 0.3) is 0 Å². The molecule has 0 radical (unpaired) electrons. The second kappa shape index (κ2) is 13.8. The topological polar surface area (TPSA) is 86.8 Å². The van der Waals surface area contributed by atoms with Crippen LogP contribution in [0.1, 0.15) is 56.6 Å². The van der Waals surface area contributed by atoms with Crippen LogP contribution in [0, 0.1) is 0 Å². The van der Waals surface area contributed by atoms with Crippen molar-refractivity contribution in [3.05, 3.63) is 62.6 Å². The second-order valence-electron chi connectivity index (χ2n) is 9.92. The lowest BCUT2D eigenvalue weighted by Gasteiger charge is -2.34. The summed E-state index contributed by atoms with van der Waals surface area (Å²) in [6.07, 6.45) is 0.698. The molecule has 3 rings (SSSR count). The molecule has 1 aliphatic carbocycles. The van der Waals surface area contributed by atoms with Crippen molar-refractivity contribution in [3.63, 3.8) is 0 Å². The van der Waals surface area contributed by atoms with Gasteiger partial charge in [-0.05, 0) is 49.6 Å². The van der Waals surface area contributed by atoms with E-state index in [9.17, 15) is 31.2 Å². The van der Waals surface area contributed by atoms with E-state index in [4.69, 9.17) is 34.8 Å². The van der Waals surface area contributed by atoms with Gasteiger partial charge in [-0.1, -0.05) is 67.1 Å². The summed E-state index contributed by atoms with van der Waals surface area (Å²) in [5.41, 5.74) is -1.33. The molecule has 0 spiro atoms. The minimum absolute atomic E-state index is 0.0670. The number of carbonyl (C=O) groups excluding carboxylic acids is 2. The summed E-state index contributed by atoms with van der Waals surface area (Å²) < 4.78 is 66.4. The lowest BCUT2D eigenvalue weighted by molar-refractivity contribution is -0.140. The molecule has 1 fully saturated rings. The average molecular weight is 657 g/mol. The molecule has 2 aromatic carbocycles. The lowest BCUT2D eigenvalue weighted by Crippen LogP contribution is -2.54. The quantitative estimate of drug-likeness (QED) is 0.309. The van der Waals surface area contributed by atoms with Crippen molar-refractivity contribution in [3.8, 4) is 0 Å². The molecule has 1 aliphatic rings. The monoisotopic (exact) mass is 655 g/mol. The van der Waals surface area contributed by atoms with Gasteiger partial charge in [0.2, 0.25) is 21.8 Å². The number of hydrogen-bond acceptors (Lipinski definition) is 4. The van der Waals surface area contributed by atoms with Crippen molar-refractivity contribution in [2.45, 2.75) is 70.3 Å². The second-order valence-corrected chi connectivity index (χ2v) is 13.1. The molecule has 226 valence electrons. The number of rotatable bonds is 10. The number of nitrogens with one attached hydrogen (secondary N) is 1. The predicted molar refractivity (Wildman–Crippen MR) is 155 cm³/mol. The molecule has 0 aromatic heterocycles. The number of amides is 2. The summed E-state index contributed by atoms with van der Waals surface area (Å²) in [6, 6.07) is 5.80. The van der Waals surface area contributed by atoms with Crippen LogP contribution in [0.25, 0.3) is 0 Å². The molecule has 41 heavy (non-hydrogen) atoms. The van der Waals surface area contributed by atoms with Gasteiger partial charge in [-0.3, -0.25) is 13.9 Å². The third kappa shape index (κ3) is 8.65. The molecule has 1 atom stereocenters. The van der Waals surface area contributed by atoms with Crippen molar-refractivity contribution < 1.29 is 31.2 Å². The van der Waals surface area contributed by atoms with Crippen LogP contribution >= 0.6 is 34.8 Å². The summed E-state index contributed by atoms with van der Waals surface area (Å²) in [4.78, 5) is 28.5. The molecule has 7 nitrogen and oxygen atoms in total. The molecular formula is C27H31Cl3F3N3O4S. The van der Waals surface area contributed by atoms with Gasteiger partial charge in [0.15, 0.2) is 0 Å². The van der Waals surface area contributed by atoms with Gasteiger partial charge in [0.1, 0.15) is 12.6 Å². The maximum absolute atomic E-state index is 13.9. The predicted octanol–water partition coefficient (Wildman–Crippen LogP) is 6.69. The van der Waals surface area contributed by atoms with Crippen LogP contribution in [0.4, 0.5) is 18.9 Å². The number of sulfonamides is 1. The van der Waals surface area contributed by atoms with Crippen LogP contribution in [0.5, 0.6) is 0 Å². The van der Waals surface area contributed by atoms with Gasteiger partial charge < -0.3 is 10.2 Å². The molecule has 2 aromatic rings. The van der Waals surface area contributed by atoms with Gasteiger partial charge in [-0.2, -0.15) is 13.2 Å². The maximum atomic E-state index is 13.9. The zero-order valence-corrected chi connectivity index (χ0v) is 25.6. The first-order valence-electron chi connectivity index (χ1n) is 13.0. The van der Waals surface area contributed by atoms with Gasteiger partial charge in [-0.15, -0.1) is 0 Å².